The topological polar surface area (TPSA) is 159 Å². The second-order valence-corrected chi connectivity index (χ2v) is 14.0. The molecule has 2 heterocycles. The number of fused-ring (bicyclic) bond motifs is 4. The molecule has 2 aliphatic carbocycles. The molecule has 0 spiro atoms. The number of halogens is 2. The number of anilines is 2. The molecule has 4 amide bonds. The average molecular weight is 737 g/mol. The van der Waals surface area contributed by atoms with Gasteiger partial charge in [0, 0.05) is 28.6 Å². The van der Waals surface area contributed by atoms with Gasteiger partial charge in [0.25, 0.3) is 17.5 Å². The monoisotopic (exact) mass is 736 g/mol. The minimum atomic E-state index is -1.71. The van der Waals surface area contributed by atoms with Crippen LogP contribution in [0.15, 0.2) is 103 Å². The van der Waals surface area contributed by atoms with E-state index < -0.39 is 69.4 Å². The summed E-state index contributed by atoms with van der Waals surface area (Å²) in [4.78, 5) is 70.4. The molecule has 268 valence electrons. The quantitative estimate of drug-likeness (QED) is 0.0962. The lowest BCUT2D eigenvalue weighted by atomic mass is 9.49. The highest BCUT2D eigenvalue weighted by molar-refractivity contribution is 6.30. The third-order valence-corrected chi connectivity index (χ3v) is 11.4. The number of allylic oxidation sites excluding steroid dienone is 2. The molecular weight excluding hydrogens is 707 g/mol. The zero-order chi connectivity index (χ0) is 37.3. The summed E-state index contributed by atoms with van der Waals surface area (Å²) in [6.07, 6.45) is 1.87. The van der Waals surface area contributed by atoms with Crippen molar-refractivity contribution < 1.29 is 38.3 Å². The molecule has 0 aromatic heterocycles. The largest absolute Gasteiger partial charge is 0.504 e. The summed E-state index contributed by atoms with van der Waals surface area (Å²) in [5.74, 6) is -7.87. The number of hydrogen-bond acceptors (Lipinski definition) is 9. The highest BCUT2D eigenvalue weighted by Crippen LogP contribution is 2.65. The summed E-state index contributed by atoms with van der Waals surface area (Å²) in [6, 6.07) is 21.8. The number of aromatic hydroxyl groups is 1. The minimum absolute atomic E-state index is 0.0369. The zero-order valence-electron chi connectivity index (χ0n) is 27.9. The van der Waals surface area contributed by atoms with Crippen LogP contribution in [0.25, 0.3) is 0 Å². The first-order chi connectivity index (χ1) is 25.5. The molecule has 53 heavy (non-hydrogen) atoms. The van der Waals surface area contributed by atoms with Crippen LogP contribution in [0.2, 0.25) is 5.02 Å². The Morgan fingerprint density at radius 2 is 1.66 bits per heavy atom. The molecule has 2 saturated heterocycles. The van der Waals surface area contributed by atoms with E-state index in [1.807, 2.05) is 6.08 Å². The smallest absolute Gasteiger partial charge is 0.271 e. The number of imide groups is 2. The third-order valence-electron chi connectivity index (χ3n) is 11.1. The van der Waals surface area contributed by atoms with Crippen LogP contribution in [0.4, 0.5) is 21.5 Å². The van der Waals surface area contributed by atoms with Gasteiger partial charge in [-0.25, -0.2) is 9.29 Å². The maximum Gasteiger partial charge on any atom is 0.271 e. The van der Waals surface area contributed by atoms with Crippen LogP contribution in [-0.2, 0) is 24.6 Å². The first-order valence-corrected chi connectivity index (χ1v) is 17.2. The summed E-state index contributed by atoms with van der Waals surface area (Å²) in [7, 11) is 1.38. The van der Waals surface area contributed by atoms with Crippen molar-refractivity contribution in [1.29, 1.82) is 0 Å². The predicted molar refractivity (Wildman–Crippen MR) is 189 cm³/mol. The van der Waals surface area contributed by atoms with E-state index in [0.29, 0.717) is 16.2 Å². The number of amides is 4. The molecule has 4 aliphatic rings. The molecule has 1 saturated carbocycles. The molecule has 4 aromatic carbocycles. The van der Waals surface area contributed by atoms with Crippen LogP contribution < -0.4 is 15.1 Å². The lowest BCUT2D eigenvalue weighted by molar-refractivity contribution is -0.384. The fraction of sp³-hybridized carbons (Fsp3) is 0.231. The Morgan fingerprint density at radius 1 is 0.943 bits per heavy atom. The van der Waals surface area contributed by atoms with Gasteiger partial charge < -0.3 is 9.84 Å². The van der Waals surface area contributed by atoms with Gasteiger partial charge in [-0.15, -0.1) is 0 Å². The van der Waals surface area contributed by atoms with Gasteiger partial charge in [0.2, 0.25) is 11.8 Å². The number of nitro benzene ring substituents is 1. The minimum Gasteiger partial charge on any atom is -0.504 e. The average Bonchev–Trinajstić information content (AvgIpc) is 3.53. The molecule has 12 nitrogen and oxygen atoms in total. The number of benzene rings is 4. The molecular formula is C39H30ClFN4O8. The van der Waals surface area contributed by atoms with E-state index in [4.69, 9.17) is 16.3 Å². The molecule has 0 bridgehead atoms. The highest BCUT2D eigenvalue weighted by atomic mass is 35.5. The number of nitrogens with one attached hydrogen (secondary N) is 1. The molecule has 6 atom stereocenters. The second-order valence-electron chi connectivity index (χ2n) is 13.6. The van der Waals surface area contributed by atoms with Crippen molar-refractivity contribution in [2.75, 3.05) is 17.4 Å². The van der Waals surface area contributed by atoms with E-state index in [1.54, 1.807) is 42.5 Å². The first-order valence-electron chi connectivity index (χ1n) is 16.8. The molecule has 0 radical (unpaired) electrons. The number of carbonyl (C=O) groups excluding carboxylic acids is 4. The Morgan fingerprint density at radius 3 is 2.36 bits per heavy atom. The lowest BCUT2D eigenvalue weighted by Gasteiger charge is -2.50. The Labute approximate surface area is 306 Å². The summed E-state index contributed by atoms with van der Waals surface area (Å²) in [5.41, 5.74) is 2.46. The van der Waals surface area contributed by atoms with E-state index in [1.165, 1.54) is 55.6 Å². The van der Waals surface area contributed by atoms with E-state index >= 15 is 4.79 Å². The van der Waals surface area contributed by atoms with Crippen LogP contribution in [-0.4, -0.2) is 45.8 Å². The van der Waals surface area contributed by atoms with Crippen molar-refractivity contribution in [1.82, 2.24) is 5.01 Å². The van der Waals surface area contributed by atoms with E-state index in [9.17, 15) is 34.0 Å². The van der Waals surface area contributed by atoms with Crippen LogP contribution >= 0.6 is 11.6 Å². The SMILES string of the molecule is COc1cccc([C@H]2C3=CC[C@@H]4C(=O)N(c5cccc([N+](=O)[O-])c5)C(=O)[C@@H]4[C@@H]3C[C@H]3C(=O)N(Nc4ccc(F)cc4)C(=O)[C@@]23c2ccc(Cl)cc2)c1O. The summed E-state index contributed by atoms with van der Waals surface area (Å²) >= 11 is 6.33. The van der Waals surface area contributed by atoms with Crippen molar-refractivity contribution in [2.24, 2.45) is 23.7 Å². The Hall–Kier alpha value is -6.08. The van der Waals surface area contributed by atoms with Crippen molar-refractivity contribution in [2.45, 2.75) is 24.2 Å². The first kappa shape index (κ1) is 34.0. The zero-order valence-corrected chi connectivity index (χ0v) is 28.7. The van der Waals surface area contributed by atoms with Gasteiger partial charge >= 0.3 is 0 Å². The van der Waals surface area contributed by atoms with Crippen molar-refractivity contribution >= 4 is 52.3 Å². The number of hydrazine groups is 1. The number of ether oxygens (including phenoxy) is 1. The molecule has 14 heteroatoms. The summed E-state index contributed by atoms with van der Waals surface area (Å²) in [5, 5.41) is 24.6. The molecule has 2 aliphatic heterocycles. The number of phenols is 1. The van der Waals surface area contributed by atoms with Crippen LogP contribution in [0.3, 0.4) is 0 Å². The molecule has 4 aromatic rings. The normalized spacial score (nSPS) is 26.2. The van der Waals surface area contributed by atoms with E-state index in [-0.39, 0.29) is 47.0 Å². The Bertz CT molecular complexity index is 2260. The fourth-order valence-electron chi connectivity index (χ4n) is 8.94. The summed E-state index contributed by atoms with van der Waals surface area (Å²) < 4.78 is 19.3. The number of methoxy groups -OCH3 is 1. The lowest BCUT2D eigenvalue weighted by Crippen LogP contribution is -2.53. The van der Waals surface area contributed by atoms with E-state index in [2.05, 4.69) is 5.43 Å². The number of non-ortho nitro benzene ring substituents is 1. The van der Waals surface area contributed by atoms with Crippen LogP contribution in [0.5, 0.6) is 11.5 Å². The van der Waals surface area contributed by atoms with Crippen molar-refractivity contribution in [3.8, 4) is 11.5 Å². The van der Waals surface area contributed by atoms with Gasteiger partial charge in [0.05, 0.1) is 46.6 Å². The number of para-hydroxylation sites is 1. The standard InChI is InChI=1S/C39H30ClFN4O8/c1-53-31-7-3-6-28(34(31)46)33-26-16-17-27-32(37(49)43(35(27)47)24-4-2-5-25(18-24)45(51)52)29(26)19-30-36(48)44(42-23-14-12-22(41)13-15-23)38(50)39(30,33)20-8-10-21(40)11-9-20/h2-16,18,27,29-30,32-33,42,46H,17,19H2,1H3/t27-,29+,30-,32-,33+,39+/m0/s1. The van der Waals surface area contributed by atoms with Gasteiger partial charge in [0.1, 0.15) is 5.82 Å². The van der Waals surface area contributed by atoms with Gasteiger partial charge in [-0.1, -0.05) is 53.6 Å². The molecule has 0 unspecified atom stereocenters. The molecule has 2 N–H and O–H groups in total. The maximum absolute atomic E-state index is 15.2. The van der Waals surface area contributed by atoms with E-state index in [0.717, 1.165) is 9.91 Å². The highest BCUT2D eigenvalue weighted by Gasteiger charge is 2.70. The van der Waals surface area contributed by atoms with Gasteiger partial charge in [-0.2, -0.15) is 5.01 Å². The van der Waals surface area contributed by atoms with Crippen molar-refractivity contribution in [3.63, 3.8) is 0 Å². The Balaban J connectivity index is 1.33. The van der Waals surface area contributed by atoms with Gasteiger partial charge in [0.15, 0.2) is 11.5 Å². The molecule has 8 rings (SSSR count). The Kier molecular flexibility index (Phi) is 8.06. The summed E-state index contributed by atoms with van der Waals surface area (Å²) in [6.45, 7) is 0. The van der Waals surface area contributed by atoms with Crippen molar-refractivity contribution in [3.05, 3.63) is 135 Å². The third kappa shape index (κ3) is 5.01. The number of carbonyl (C=O) groups is 4. The number of nitro groups is 1. The van der Waals surface area contributed by atoms with Gasteiger partial charge in [-0.05, 0) is 72.9 Å². The fourth-order valence-corrected chi connectivity index (χ4v) is 9.06. The number of nitrogens with zero attached hydrogens (tertiary/aromatic N) is 3. The number of rotatable bonds is 7. The number of phenolic OH excluding ortho intramolecular Hbond substituents is 1. The molecule has 3 fully saturated rings. The van der Waals surface area contributed by atoms with Crippen LogP contribution in [0.1, 0.15) is 29.9 Å². The van der Waals surface area contributed by atoms with Crippen LogP contribution in [0, 0.1) is 39.6 Å². The predicted octanol–water partition coefficient (Wildman–Crippen LogP) is 6.29. The van der Waals surface area contributed by atoms with Gasteiger partial charge in [-0.3, -0.25) is 34.7 Å². The number of hydrogen-bond donors (Lipinski definition) is 2. The maximum atomic E-state index is 15.2. The second kappa shape index (κ2) is 12.6.